The van der Waals surface area contributed by atoms with E-state index in [0.717, 1.165) is 22.4 Å². The van der Waals surface area contributed by atoms with Gasteiger partial charge in [0.25, 0.3) is 5.91 Å². The van der Waals surface area contributed by atoms with Crippen molar-refractivity contribution in [3.05, 3.63) is 51.7 Å². The largest absolute Gasteiger partial charge is 0.491 e. The molecule has 1 heterocycles. The fourth-order valence-corrected chi connectivity index (χ4v) is 3.62. The minimum Gasteiger partial charge on any atom is -0.491 e. The predicted molar refractivity (Wildman–Crippen MR) is 104 cm³/mol. The molecular formula is C18H24N2O4S2. The number of hydrogen-bond acceptors (Lipinski definition) is 5. The molecule has 1 aromatic heterocycles. The summed E-state index contributed by atoms with van der Waals surface area (Å²) in [6.07, 6.45) is 1.81. The van der Waals surface area contributed by atoms with Gasteiger partial charge < -0.3 is 10.1 Å². The Morgan fingerprint density at radius 1 is 1.15 bits per heavy atom. The number of nitrogens with one attached hydrogen (secondary N) is 2. The topological polar surface area (TPSA) is 84.5 Å². The van der Waals surface area contributed by atoms with Gasteiger partial charge in [0, 0.05) is 18.0 Å². The first-order valence-electron chi connectivity index (χ1n) is 8.30. The first-order valence-corrected chi connectivity index (χ1v) is 11.0. The first-order chi connectivity index (χ1) is 12.2. The lowest BCUT2D eigenvalue weighted by Gasteiger charge is -2.10. The minimum atomic E-state index is -3.19. The Morgan fingerprint density at radius 2 is 1.85 bits per heavy atom. The van der Waals surface area contributed by atoms with Crippen LogP contribution in [0.3, 0.4) is 0 Å². The van der Waals surface area contributed by atoms with Crippen molar-refractivity contribution >= 4 is 27.3 Å². The Bertz CT molecular complexity index is 827. The van der Waals surface area contributed by atoms with Gasteiger partial charge in [-0.15, -0.1) is 11.3 Å². The third-order valence-electron chi connectivity index (χ3n) is 3.37. The highest BCUT2D eigenvalue weighted by Gasteiger charge is 2.10. The Hall–Kier alpha value is -1.90. The molecule has 2 aromatic rings. The van der Waals surface area contributed by atoms with Crippen molar-refractivity contribution in [3.8, 4) is 5.75 Å². The van der Waals surface area contributed by atoms with Gasteiger partial charge in [0.05, 0.1) is 17.2 Å². The molecule has 142 valence electrons. The molecule has 0 saturated heterocycles. The van der Waals surface area contributed by atoms with Gasteiger partial charge in [-0.2, -0.15) is 0 Å². The number of sulfonamides is 1. The van der Waals surface area contributed by atoms with E-state index in [1.54, 1.807) is 6.07 Å². The summed E-state index contributed by atoms with van der Waals surface area (Å²) in [4.78, 5) is 13.8. The SMILES string of the molecule is CC(C)Oc1ccc(CNC(=O)c2ccc(CCNS(C)(=O)=O)s2)cc1. The third kappa shape index (κ3) is 7.15. The highest BCUT2D eigenvalue weighted by Crippen LogP contribution is 2.17. The summed E-state index contributed by atoms with van der Waals surface area (Å²) in [5.74, 6) is 0.667. The van der Waals surface area contributed by atoms with E-state index in [1.165, 1.54) is 11.3 Å². The molecule has 0 fully saturated rings. The van der Waals surface area contributed by atoms with Crippen molar-refractivity contribution in [3.63, 3.8) is 0 Å². The molecule has 0 radical (unpaired) electrons. The van der Waals surface area contributed by atoms with Gasteiger partial charge in [0.2, 0.25) is 10.0 Å². The van der Waals surface area contributed by atoms with Crippen LogP contribution in [0.5, 0.6) is 5.75 Å². The van der Waals surface area contributed by atoms with Crippen molar-refractivity contribution in [1.29, 1.82) is 0 Å². The zero-order chi connectivity index (χ0) is 19.2. The van der Waals surface area contributed by atoms with Crippen LogP contribution < -0.4 is 14.8 Å². The smallest absolute Gasteiger partial charge is 0.261 e. The summed E-state index contributed by atoms with van der Waals surface area (Å²) in [5.41, 5.74) is 0.989. The molecule has 0 bridgehead atoms. The molecule has 1 amide bonds. The Morgan fingerprint density at radius 3 is 2.46 bits per heavy atom. The minimum absolute atomic E-state index is 0.126. The van der Waals surface area contributed by atoms with Gasteiger partial charge in [-0.25, -0.2) is 13.1 Å². The Kier molecular flexibility index (Phi) is 7.19. The maximum absolute atomic E-state index is 12.2. The summed E-state index contributed by atoms with van der Waals surface area (Å²) in [5, 5.41) is 2.89. The van der Waals surface area contributed by atoms with E-state index in [2.05, 4.69) is 10.0 Å². The number of benzene rings is 1. The number of thiophene rings is 1. The number of hydrogen-bond donors (Lipinski definition) is 2. The zero-order valence-corrected chi connectivity index (χ0v) is 16.7. The Balaban J connectivity index is 1.82. The lowest BCUT2D eigenvalue weighted by molar-refractivity contribution is 0.0955. The molecule has 0 aliphatic carbocycles. The molecule has 2 rings (SSSR count). The summed E-state index contributed by atoms with van der Waals surface area (Å²) >= 11 is 1.37. The van der Waals surface area contributed by atoms with Crippen molar-refractivity contribution in [1.82, 2.24) is 10.0 Å². The highest BCUT2D eigenvalue weighted by molar-refractivity contribution is 7.88. The molecule has 0 aliphatic heterocycles. The van der Waals surface area contributed by atoms with E-state index < -0.39 is 10.0 Å². The molecule has 26 heavy (non-hydrogen) atoms. The number of ether oxygens (including phenoxy) is 1. The van der Waals surface area contributed by atoms with Gasteiger partial charge in [0.15, 0.2) is 0 Å². The summed E-state index contributed by atoms with van der Waals surface area (Å²) in [6.45, 7) is 4.70. The second kappa shape index (κ2) is 9.16. The van der Waals surface area contributed by atoms with Crippen LogP contribution in [0.15, 0.2) is 36.4 Å². The Labute approximate surface area is 158 Å². The molecule has 8 heteroatoms. The van der Waals surface area contributed by atoms with Gasteiger partial charge in [-0.05, 0) is 50.1 Å². The molecule has 2 N–H and O–H groups in total. The predicted octanol–water partition coefficient (Wildman–Crippen LogP) is 2.56. The second-order valence-corrected chi connectivity index (χ2v) is 9.18. The average Bonchev–Trinajstić information content (AvgIpc) is 3.01. The van der Waals surface area contributed by atoms with Crippen LogP contribution in [0.25, 0.3) is 0 Å². The maximum atomic E-state index is 12.2. The lowest BCUT2D eigenvalue weighted by atomic mass is 10.2. The standard InChI is InChI=1S/C18H24N2O4S2/c1-13(2)24-15-6-4-14(5-7-15)12-19-18(21)17-9-8-16(25-17)10-11-20-26(3,22)23/h4-9,13,20H,10-12H2,1-3H3,(H,19,21). The summed E-state index contributed by atoms with van der Waals surface area (Å²) in [6, 6.07) is 11.2. The van der Waals surface area contributed by atoms with E-state index in [4.69, 9.17) is 4.74 Å². The molecule has 0 spiro atoms. The molecule has 0 saturated carbocycles. The fraction of sp³-hybridized carbons (Fsp3) is 0.389. The second-order valence-electron chi connectivity index (χ2n) is 6.18. The van der Waals surface area contributed by atoms with Crippen LogP contribution in [-0.4, -0.2) is 33.2 Å². The van der Waals surface area contributed by atoms with E-state index in [9.17, 15) is 13.2 Å². The number of carbonyl (C=O) groups excluding carboxylic acids is 1. The van der Waals surface area contributed by atoms with Crippen molar-refractivity contribution < 1.29 is 17.9 Å². The van der Waals surface area contributed by atoms with Gasteiger partial charge in [0.1, 0.15) is 5.75 Å². The van der Waals surface area contributed by atoms with Crippen LogP contribution in [0, 0.1) is 0 Å². The van der Waals surface area contributed by atoms with E-state index in [1.807, 2.05) is 44.2 Å². The van der Waals surface area contributed by atoms with Crippen molar-refractivity contribution in [2.75, 3.05) is 12.8 Å². The zero-order valence-electron chi connectivity index (χ0n) is 15.1. The monoisotopic (exact) mass is 396 g/mol. The molecule has 1 aromatic carbocycles. The third-order valence-corrected chi connectivity index (χ3v) is 5.24. The van der Waals surface area contributed by atoms with E-state index in [0.29, 0.717) is 24.4 Å². The van der Waals surface area contributed by atoms with Crippen LogP contribution >= 0.6 is 11.3 Å². The molecular weight excluding hydrogens is 372 g/mol. The van der Waals surface area contributed by atoms with Gasteiger partial charge >= 0.3 is 0 Å². The van der Waals surface area contributed by atoms with E-state index in [-0.39, 0.29) is 12.0 Å². The van der Waals surface area contributed by atoms with E-state index >= 15 is 0 Å². The molecule has 0 unspecified atom stereocenters. The number of carbonyl (C=O) groups is 1. The van der Waals surface area contributed by atoms with Crippen LogP contribution in [-0.2, 0) is 23.0 Å². The quantitative estimate of drug-likeness (QED) is 0.682. The molecule has 0 atom stereocenters. The maximum Gasteiger partial charge on any atom is 0.261 e. The molecule has 0 aliphatic rings. The van der Waals surface area contributed by atoms with Crippen molar-refractivity contribution in [2.45, 2.75) is 32.9 Å². The molecule has 6 nitrogen and oxygen atoms in total. The van der Waals surface area contributed by atoms with Crippen LogP contribution in [0.2, 0.25) is 0 Å². The van der Waals surface area contributed by atoms with Gasteiger partial charge in [-0.3, -0.25) is 4.79 Å². The fourth-order valence-electron chi connectivity index (χ4n) is 2.22. The highest BCUT2D eigenvalue weighted by atomic mass is 32.2. The summed E-state index contributed by atoms with van der Waals surface area (Å²) in [7, 11) is -3.19. The van der Waals surface area contributed by atoms with Crippen LogP contribution in [0.4, 0.5) is 0 Å². The van der Waals surface area contributed by atoms with Crippen molar-refractivity contribution in [2.24, 2.45) is 0 Å². The van der Waals surface area contributed by atoms with Gasteiger partial charge in [-0.1, -0.05) is 12.1 Å². The lowest BCUT2D eigenvalue weighted by Crippen LogP contribution is -2.24. The number of amides is 1. The normalized spacial score (nSPS) is 11.5. The average molecular weight is 397 g/mol. The first kappa shape index (κ1) is 20.4. The summed E-state index contributed by atoms with van der Waals surface area (Å²) < 4.78 is 30.1. The van der Waals surface area contributed by atoms with Crippen LogP contribution in [0.1, 0.15) is 34.0 Å². The number of rotatable bonds is 9.